The summed E-state index contributed by atoms with van der Waals surface area (Å²) in [6, 6.07) is 13.9. The molecule has 2 heterocycles. The first-order chi connectivity index (χ1) is 17.2. The normalized spacial score (nSPS) is 31.0. The molecule has 7 heteroatoms. The average Bonchev–Trinajstić information content (AvgIpc) is 2.98. The van der Waals surface area contributed by atoms with E-state index in [0.29, 0.717) is 15.6 Å². The number of carbonyl (C=O) groups excluding carboxylic acids is 2. The summed E-state index contributed by atoms with van der Waals surface area (Å²) in [6.07, 6.45) is 2.64. The van der Waals surface area contributed by atoms with Crippen molar-refractivity contribution in [1.82, 2.24) is 15.1 Å². The van der Waals surface area contributed by atoms with Gasteiger partial charge in [-0.05, 0) is 87.0 Å². The molecule has 0 bridgehead atoms. The van der Waals surface area contributed by atoms with E-state index in [2.05, 4.69) is 43.2 Å². The van der Waals surface area contributed by atoms with Crippen LogP contribution in [0.25, 0.3) is 0 Å². The van der Waals surface area contributed by atoms with Gasteiger partial charge in [0.2, 0.25) is 5.91 Å². The van der Waals surface area contributed by atoms with E-state index in [4.69, 9.17) is 23.2 Å². The summed E-state index contributed by atoms with van der Waals surface area (Å²) in [4.78, 5) is 30.5. The number of fused-ring (bicyclic) bond motifs is 1. The van der Waals surface area contributed by atoms with Crippen molar-refractivity contribution in [3.63, 3.8) is 0 Å². The Morgan fingerprint density at radius 2 is 1.81 bits per heavy atom. The van der Waals surface area contributed by atoms with Gasteiger partial charge in [-0.1, -0.05) is 48.3 Å². The monoisotopic (exact) mass is 527 g/mol. The Balaban J connectivity index is 1.48. The highest BCUT2D eigenvalue weighted by Gasteiger charge is 2.57. The second-order valence-electron chi connectivity index (χ2n) is 11.1. The first-order valence-corrected chi connectivity index (χ1v) is 13.8. The smallest absolute Gasteiger partial charge is 0.253 e. The van der Waals surface area contributed by atoms with Crippen molar-refractivity contribution < 1.29 is 9.59 Å². The number of benzene rings is 2. The van der Waals surface area contributed by atoms with Crippen LogP contribution < -0.4 is 5.32 Å². The van der Waals surface area contributed by atoms with Gasteiger partial charge in [-0.15, -0.1) is 0 Å². The molecule has 2 aliphatic heterocycles. The number of rotatable bonds is 3. The third-order valence-corrected chi connectivity index (χ3v) is 9.43. The fourth-order valence-corrected chi connectivity index (χ4v) is 7.35. The van der Waals surface area contributed by atoms with Gasteiger partial charge < -0.3 is 15.1 Å². The molecule has 1 aliphatic carbocycles. The number of carbonyl (C=O) groups is 2. The molecule has 5 rings (SSSR count). The largest absolute Gasteiger partial charge is 0.353 e. The zero-order valence-electron chi connectivity index (χ0n) is 21.3. The van der Waals surface area contributed by atoms with Gasteiger partial charge in [-0.25, -0.2) is 0 Å². The SMILES string of the molecule is C[C@H]1NC(=O)[C@]2(C)CC[C@@H](c3ccc(C(=O)N4CCCN(C)CC4)cc3Cl)[C@H](c3ccc(Cl)cc3)[C@H]12. The van der Waals surface area contributed by atoms with E-state index >= 15 is 0 Å². The highest BCUT2D eigenvalue weighted by Crippen LogP contribution is 2.59. The summed E-state index contributed by atoms with van der Waals surface area (Å²) in [5, 5.41) is 4.54. The maximum absolute atomic E-state index is 13.3. The predicted molar refractivity (Wildman–Crippen MR) is 145 cm³/mol. The molecule has 2 aromatic carbocycles. The third kappa shape index (κ3) is 4.55. The number of nitrogens with one attached hydrogen (secondary N) is 1. The molecule has 192 valence electrons. The summed E-state index contributed by atoms with van der Waals surface area (Å²) >= 11 is 13.2. The van der Waals surface area contributed by atoms with Gasteiger partial charge in [0.05, 0.1) is 5.41 Å². The number of nitrogens with zero attached hydrogens (tertiary/aromatic N) is 2. The van der Waals surface area contributed by atoms with Gasteiger partial charge >= 0.3 is 0 Å². The van der Waals surface area contributed by atoms with Crippen molar-refractivity contribution >= 4 is 35.0 Å². The molecule has 5 nitrogen and oxygen atoms in total. The summed E-state index contributed by atoms with van der Waals surface area (Å²) in [6.45, 7) is 7.61. The molecule has 1 N–H and O–H groups in total. The van der Waals surface area contributed by atoms with Gasteiger partial charge in [0.25, 0.3) is 5.91 Å². The quantitative estimate of drug-likeness (QED) is 0.567. The van der Waals surface area contributed by atoms with Crippen molar-refractivity contribution in [2.45, 2.75) is 51.0 Å². The van der Waals surface area contributed by atoms with Gasteiger partial charge in [-0.2, -0.15) is 0 Å². The fraction of sp³-hybridized carbons (Fsp3) is 0.517. The highest BCUT2D eigenvalue weighted by atomic mass is 35.5. The van der Waals surface area contributed by atoms with Gasteiger partial charge in [0.1, 0.15) is 0 Å². The molecule has 36 heavy (non-hydrogen) atoms. The van der Waals surface area contributed by atoms with Crippen molar-refractivity contribution in [2.24, 2.45) is 11.3 Å². The van der Waals surface area contributed by atoms with E-state index in [1.54, 1.807) is 0 Å². The lowest BCUT2D eigenvalue weighted by Crippen LogP contribution is -2.42. The second-order valence-corrected chi connectivity index (χ2v) is 12.0. The van der Waals surface area contributed by atoms with E-state index in [1.807, 2.05) is 35.2 Å². The van der Waals surface area contributed by atoms with E-state index in [1.165, 1.54) is 5.56 Å². The molecule has 2 saturated heterocycles. The Morgan fingerprint density at radius 3 is 2.53 bits per heavy atom. The summed E-state index contributed by atoms with van der Waals surface area (Å²) < 4.78 is 0. The van der Waals surface area contributed by atoms with Crippen molar-refractivity contribution in [1.29, 1.82) is 0 Å². The van der Waals surface area contributed by atoms with Crippen LogP contribution in [0.5, 0.6) is 0 Å². The number of likely N-dealkylation sites (N-methyl/N-ethyl adjacent to an activating group) is 1. The molecule has 2 amide bonds. The minimum absolute atomic E-state index is 0.0448. The molecule has 0 aromatic heterocycles. The maximum Gasteiger partial charge on any atom is 0.253 e. The third-order valence-electron chi connectivity index (χ3n) is 8.86. The fourth-order valence-electron chi connectivity index (χ4n) is 6.90. The Labute approximate surface area is 224 Å². The molecule has 0 radical (unpaired) electrons. The summed E-state index contributed by atoms with van der Waals surface area (Å²) in [5.74, 6) is 0.574. The second kappa shape index (κ2) is 10.00. The minimum atomic E-state index is -0.414. The van der Waals surface area contributed by atoms with Crippen LogP contribution in [-0.4, -0.2) is 60.9 Å². The standard InChI is InChI=1S/C29H35Cl2N3O2/c1-18-26-25(19-5-8-21(30)9-6-19)23(11-12-29(26,2)28(36)32-18)22-10-7-20(17-24(22)31)27(35)34-14-4-13-33(3)15-16-34/h5-10,17-18,23,25-26H,4,11-16H2,1-3H3,(H,32,36)/t18-,23+,25+,26+,29-/m1/s1. The molecule has 3 fully saturated rings. The molecule has 5 atom stereocenters. The molecule has 3 aliphatic rings. The van der Waals surface area contributed by atoms with Crippen LogP contribution in [0.2, 0.25) is 10.0 Å². The lowest BCUT2D eigenvalue weighted by molar-refractivity contribution is -0.129. The molecule has 1 saturated carbocycles. The van der Waals surface area contributed by atoms with E-state index < -0.39 is 5.41 Å². The van der Waals surface area contributed by atoms with Crippen molar-refractivity contribution in [3.05, 3.63) is 69.2 Å². The Bertz CT molecular complexity index is 1150. The van der Waals surface area contributed by atoms with Gasteiger partial charge in [0.15, 0.2) is 0 Å². The molecule has 0 spiro atoms. The average molecular weight is 529 g/mol. The first-order valence-electron chi connectivity index (χ1n) is 13.0. The molecule has 0 unspecified atom stereocenters. The number of hydrogen-bond donors (Lipinski definition) is 1. The highest BCUT2D eigenvalue weighted by molar-refractivity contribution is 6.32. The van der Waals surface area contributed by atoms with E-state index in [0.717, 1.165) is 51.0 Å². The lowest BCUT2D eigenvalue weighted by atomic mass is 9.56. The number of halogens is 2. The number of hydrogen-bond acceptors (Lipinski definition) is 3. The zero-order chi connectivity index (χ0) is 25.6. The Morgan fingerprint density at radius 1 is 1.06 bits per heavy atom. The van der Waals surface area contributed by atoms with Crippen molar-refractivity contribution in [2.75, 3.05) is 33.2 Å². The molecule has 2 aromatic rings. The maximum atomic E-state index is 13.3. The van der Waals surface area contributed by atoms with Crippen LogP contribution in [0.1, 0.15) is 66.4 Å². The lowest BCUT2D eigenvalue weighted by Gasteiger charge is -2.46. The van der Waals surface area contributed by atoms with Crippen LogP contribution in [0, 0.1) is 11.3 Å². The molecular weight excluding hydrogens is 493 g/mol. The molecular formula is C29H35Cl2N3O2. The van der Waals surface area contributed by atoms with Crippen molar-refractivity contribution in [3.8, 4) is 0 Å². The van der Waals surface area contributed by atoms with Crippen LogP contribution in [0.15, 0.2) is 42.5 Å². The first kappa shape index (κ1) is 25.6. The number of amides is 2. The Kier molecular flexibility index (Phi) is 7.10. The topological polar surface area (TPSA) is 52.7 Å². The minimum Gasteiger partial charge on any atom is -0.353 e. The van der Waals surface area contributed by atoms with Crippen LogP contribution in [-0.2, 0) is 4.79 Å². The van der Waals surface area contributed by atoms with Crippen LogP contribution in [0.4, 0.5) is 0 Å². The zero-order valence-corrected chi connectivity index (χ0v) is 22.8. The van der Waals surface area contributed by atoms with E-state index in [9.17, 15) is 9.59 Å². The van der Waals surface area contributed by atoms with E-state index in [-0.39, 0.29) is 35.6 Å². The summed E-state index contributed by atoms with van der Waals surface area (Å²) in [5.41, 5.74) is 2.46. The van der Waals surface area contributed by atoms with Gasteiger partial charge in [-0.3, -0.25) is 9.59 Å². The van der Waals surface area contributed by atoms with Crippen LogP contribution >= 0.6 is 23.2 Å². The van der Waals surface area contributed by atoms with Gasteiger partial charge in [0, 0.05) is 47.2 Å². The predicted octanol–water partition coefficient (Wildman–Crippen LogP) is 5.57. The van der Waals surface area contributed by atoms with Crippen LogP contribution in [0.3, 0.4) is 0 Å². The Hall–Kier alpha value is -2.08. The summed E-state index contributed by atoms with van der Waals surface area (Å²) in [7, 11) is 2.10.